The maximum Gasteiger partial charge on any atom is 0.270 e. The van der Waals surface area contributed by atoms with Crippen molar-refractivity contribution in [2.24, 2.45) is 7.05 Å². The molecule has 0 atom stereocenters. The van der Waals surface area contributed by atoms with Gasteiger partial charge in [0.1, 0.15) is 17.5 Å². The normalized spacial score (nSPS) is 11.3. The molecule has 1 heterocycles. The van der Waals surface area contributed by atoms with E-state index in [-0.39, 0.29) is 0 Å². The molecule has 1 aromatic heterocycles. The Morgan fingerprint density at radius 1 is 1.12 bits per heavy atom. The molecule has 3 heteroatoms. The minimum atomic E-state index is 0.654. The molecule has 0 spiro atoms. The van der Waals surface area contributed by atoms with Crippen molar-refractivity contribution in [3.05, 3.63) is 72.0 Å². The van der Waals surface area contributed by atoms with Crippen LogP contribution in [0.4, 0.5) is 0 Å². The summed E-state index contributed by atoms with van der Waals surface area (Å²) in [6, 6.07) is 12.8. The third-order valence-electron chi connectivity index (χ3n) is 4.11. The molecule has 0 N–H and O–H groups in total. The molecule has 3 rings (SSSR count). The van der Waals surface area contributed by atoms with Crippen molar-refractivity contribution in [2.45, 2.75) is 20.8 Å². The summed E-state index contributed by atoms with van der Waals surface area (Å²) in [5, 5.41) is 1.23. The Kier molecular flexibility index (Phi) is 4.54. The number of rotatable bonds is 4. The number of ether oxygens (including phenoxy) is 1. The molecule has 0 radical (unpaired) electrons. The zero-order valence-electron chi connectivity index (χ0n) is 14.6. The average Bonchev–Trinajstić information content (AvgIpc) is 2.88. The molecule has 0 aliphatic rings. The number of benzene rings is 2. The number of aryl methyl sites for hydroxylation is 3. The number of hydrogen-bond acceptors (Lipinski definition) is 2. The fraction of sp³-hybridized carbons (Fsp3) is 0.190. The van der Waals surface area contributed by atoms with E-state index in [0.29, 0.717) is 5.76 Å². The van der Waals surface area contributed by atoms with Gasteiger partial charge in [-0.25, -0.2) is 0 Å². The molecule has 0 saturated carbocycles. The molecule has 122 valence electrons. The Bertz CT molecular complexity index is 950. The second-order valence-electron chi connectivity index (χ2n) is 5.91. The van der Waals surface area contributed by atoms with Crippen molar-refractivity contribution in [3.8, 4) is 16.3 Å². The third-order valence-corrected chi connectivity index (χ3v) is 5.40. The van der Waals surface area contributed by atoms with Gasteiger partial charge in [-0.1, -0.05) is 42.2 Å². The van der Waals surface area contributed by atoms with Crippen molar-refractivity contribution in [1.82, 2.24) is 0 Å². The SMILES string of the molecule is C=C(/C=C\C)Oc1c(C)ccc2c1sc(-c1ccccc1C)[n+]2C. The first kappa shape index (κ1) is 16.5. The van der Waals surface area contributed by atoms with Crippen LogP contribution in [0.5, 0.6) is 5.75 Å². The molecular formula is C21H22NOS+. The van der Waals surface area contributed by atoms with Gasteiger partial charge in [0, 0.05) is 6.07 Å². The van der Waals surface area contributed by atoms with E-state index in [4.69, 9.17) is 4.74 Å². The Hall–Kier alpha value is -2.39. The number of nitrogens with zero attached hydrogens (tertiary/aromatic N) is 1. The van der Waals surface area contributed by atoms with E-state index >= 15 is 0 Å². The zero-order valence-corrected chi connectivity index (χ0v) is 15.4. The van der Waals surface area contributed by atoms with E-state index in [1.165, 1.54) is 21.7 Å². The molecule has 3 aromatic rings. The first-order valence-electron chi connectivity index (χ1n) is 8.00. The molecule has 24 heavy (non-hydrogen) atoms. The standard InChI is InChI=1S/C21H22NOS/c1-6-9-16(4)23-19-15(3)12-13-18-20(19)24-21(22(18)5)17-11-8-7-10-14(17)2/h6-13H,4H2,1-3,5H3/q+1/b9-6-. The fourth-order valence-corrected chi connectivity index (χ4v) is 4.19. The largest absolute Gasteiger partial charge is 0.456 e. The van der Waals surface area contributed by atoms with Crippen LogP contribution < -0.4 is 9.30 Å². The first-order chi connectivity index (χ1) is 11.5. The minimum absolute atomic E-state index is 0.654. The van der Waals surface area contributed by atoms with Gasteiger partial charge in [-0.05, 0) is 50.1 Å². The van der Waals surface area contributed by atoms with Crippen LogP contribution >= 0.6 is 11.3 Å². The number of allylic oxidation sites excluding steroid dienone is 2. The fourth-order valence-electron chi connectivity index (χ4n) is 2.81. The van der Waals surface area contributed by atoms with Crippen LogP contribution in [0.15, 0.2) is 60.9 Å². The summed E-state index contributed by atoms with van der Waals surface area (Å²) >= 11 is 1.76. The average molecular weight is 336 g/mol. The van der Waals surface area contributed by atoms with E-state index in [0.717, 1.165) is 16.0 Å². The summed E-state index contributed by atoms with van der Waals surface area (Å²) in [6.07, 6.45) is 3.82. The molecule has 0 unspecified atom stereocenters. The Labute approximate surface area is 147 Å². The highest BCUT2D eigenvalue weighted by Crippen LogP contribution is 2.38. The van der Waals surface area contributed by atoms with Gasteiger partial charge < -0.3 is 4.74 Å². The topological polar surface area (TPSA) is 13.1 Å². The number of hydrogen-bond donors (Lipinski definition) is 0. The summed E-state index contributed by atoms with van der Waals surface area (Å²) in [7, 11) is 2.11. The molecule has 2 aromatic carbocycles. The summed E-state index contributed by atoms with van der Waals surface area (Å²) in [5.41, 5.74) is 4.83. The Morgan fingerprint density at radius 2 is 1.88 bits per heavy atom. The number of fused-ring (bicyclic) bond motifs is 1. The van der Waals surface area contributed by atoms with Gasteiger partial charge in [-0.15, -0.1) is 0 Å². The Morgan fingerprint density at radius 3 is 2.58 bits per heavy atom. The molecule has 0 amide bonds. The summed E-state index contributed by atoms with van der Waals surface area (Å²) in [6.45, 7) is 10.2. The predicted octanol–water partition coefficient (Wildman–Crippen LogP) is 5.48. The van der Waals surface area contributed by atoms with E-state index in [1.807, 2.05) is 19.1 Å². The van der Waals surface area contributed by atoms with Gasteiger partial charge in [0.15, 0.2) is 5.75 Å². The monoisotopic (exact) mass is 336 g/mol. The van der Waals surface area contributed by atoms with Crippen LogP contribution in [0.1, 0.15) is 18.1 Å². The van der Waals surface area contributed by atoms with Crippen LogP contribution in [-0.4, -0.2) is 0 Å². The lowest BCUT2D eigenvalue weighted by Gasteiger charge is -2.07. The highest BCUT2D eigenvalue weighted by Gasteiger charge is 2.23. The lowest BCUT2D eigenvalue weighted by molar-refractivity contribution is -0.629. The lowest BCUT2D eigenvalue weighted by atomic mass is 10.1. The van der Waals surface area contributed by atoms with Gasteiger partial charge in [0.05, 0.1) is 5.56 Å². The van der Waals surface area contributed by atoms with Crippen molar-refractivity contribution >= 4 is 21.6 Å². The molecular weight excluding hydrogens is 314 g/mol. The van der Waals surface area contributed by atoms with Gasteiger partial charge in [-0.3, -0.25) is 0 Å². The van der Waals surface area contributed by atoms with Crippen LogP contribution in [0.25, 0.3) is 20.8 Å². The highest BCUT2D eigenvalue weighted by atomic mass is 32.1. The summed E-state index contributed by atoms with van der Waals surface area (Å²) in [5.74, 6) is 1.55. The van der Waals surface area contributed by atoms with Gasteiger partial charge in [0.2, 0.25) is 5.52 Å². The second-order valence-corrected chi connectivity index (χ2v) is 6.91. The van der Waals surface area contributed by atoms with E-state index in [9.17, 15) is 0 Å². The molecule has 0 aliphatic heterocycles. The smallest absolute Gasteiger partial charge is 0.270 e. The number of thiazole rings is 1. The van der Waals surface area contributed by atoms with E-state index in [1.54, 1.807) is 11.3 Å². The highest BCUT2D eigenvalue weighted by molar-refractivity contribution is 7.21. The zero-order chi connectivity index (χ0) is 17.3. The van der Waals surface area contributed by atoms with Crippen molar-refractivity contribution < 1.29 is 9.30 Å². The molecule has 2 nitrogen and oxygen atoms in total. The van der Waals surface area contributed by atoms with Crippen LogP contribution in [-0.2, 0) is 7.05 Å². The summed E-state index contributed by atoms with van der Waals surface area (Å²) in [4.78, 5) is 0. The van der Waals surface area contributed by atoms with Crippen LogP contribution in [0.3, 0.4) is 0 Å². The number of aromatic nitrogens is 1. The van der Waals surface area contributed by atoms with Crippen LogP contribution in [0.2, 0.25) is 0 Å². The third kappa shape index (κ3) is 2.87. The summed E-state index contributed by atoms with van der Waals surface area (Å²) < 4.78 is 9.45. The van der Waals surface area contributed by atoms with E-state index in [2.05, 4.69) is 68.4 Å². The molecule has 0 saturated heterocycles. The minimum Gasteiger partial charge on any atom is -0.456 e. The van der Waals surface area contributed by atoms with E-state index < -0.39 is 0 Å². The van der Waals surface area contributed by atoms with Gasteiger partial charge >= 0.3 is 0 Å². The van der Waals surface area contributed by atoms with Gasteiger partial charge in [0.25, 0.3) is 5.01 Å². The van der Waals surface area contributed by atoms with Crippen molar-refractivity contribution in [1.29, 1.82) is 0 Å². The molecule has 0 fully saturated rings. The first-order valence-corrected chi connectivity index (χ1v) is 8.82. The van der Waals surface area contributed by atoms with Crippen LogP contribution in [0, 0.1) is 13.8 Å². The molecule has 0 bridgehead atoms. The van der Waals surface area contributed by atoms with Crippen molar-refractivity contribution in [2.75, 3.05) is 0 Å². The quantitative estimate of drug-likeness (QED) is 0.349. The van der Waals surface area contributed by atoms with Gasteiger partial charge in [-0.2, -0.15) is 4.57 Å². The lowest BCUT2D eigenvalue weighted by Crippen LogP contribution is -2.28. The molecule has 0 aliphatic carbocycles. The second kappa shape index (κ2) is 6.62. The predicted molar refractivity (Wildman–Crippen MR) is 102 cm³/mol. The maximum atomic E-state index is 6.05. The van der Waals surface area contributed by atoms with Crippen molar-refractivity contribution in [3.63, 3.8) is 0 Å². The Balaban J connectivity index is 2.21. The maximum absolute atomic E-state index is 6.05.